The minimum Gasteiger partial charge on any atom is -0.419 e. The highest BCUT2D eigenvalue weighted by atomic mass is 35.5. The molecule has 0 aliphatic carbocycles. The Morgan fingerprint density at radius 2 is 2.08 bits per heavy atom. The summed E-state index contributed by atoms with van der Waals surface area (Å²) in [7, 11) is 1.84. The molecule has 0 unspecified atom stereocenters. The lowest BCUT2D eigenvalue weighted by Crippen LogP contribution is -2.45. The zero-order chi connectivity index (χ0) is 17.9. The maximum atomic E-state index is 12.0. The largest absolute Gasteiger partial charge is 0.419 e. The Hall–Kier alpha value is -1.92. The van der Waals surface area contributed by atoms with Gasteiger partial charge in [-0.05, 0) is 52.9 Å². The Kier molecular flexibility index (Phi) is 5.62. The van der Waals surface area contributed by atoms with Crippen LogP contribution in [0.4, 0.5) is 0 Å². The van der Waals surface area contributed by atoms with Gasteiger partial charge in [0, 0.05) is 16.1 Å². The fraction of sp³-hybridized carbons (Fsp3) is 0.471. The molecule has 1 heterocycles. The number of halogens is 1. The number of carbonyl (C=O) groups is 1. The Morgan fingerprint density at radius 1 is 1.38 bits per heavy atom. The summed E-state index contributed by atoms with van der Waals surface area (Å²) in [4.78, 5) is 13.9. The molecule has 0 radical (unpaired) electrons. The molecule has 1 aromatic heterocycles. The van der Waals surface area contributed by atoms with Crippen LogP contribution in [-0.2, 0) is 4.79 Å². The number of nitrogens with zero attached hydrogens (tertiary/aromatic N) is 3. The van der Waals surface area contributed by atoms with E-state index in [1.165, 1.54) is 0 Å². The third kappa shape index (κ3) is 5.04. The molecular weight excluding hydrogens is 328 g/mol. The summed E-state index contributed by atoms with van der Waals surface area (Å²) >= 11 is 5.98. The van der Waals surface area contributed by atoms with Crippen molar-refractivity contribution in [1.82, 2.24) is 20.4 Å². The zero-order valence-electron chi connectivity index (χ0n) is 14.6. The molecule has 1 atom stereocenters. The molecule has 1 N–H and O–H groups in total. The molecule has 0 aliphatic heterocycles. The van der Waals surface area contributed by atoms with Gasteiger partial charge in [-0.25, -0.2) is 0 Å². The average Bonchev–Trinajstić information content (AvgIpc) is 2.94. The van der Waals surface area contributed by atoms with Gasteiger partial charge >= 0.3 is 0 Å². The molecule has 1 aromatic carbocycles. The van der Waals surface area contributed by atoms with Crippen LogP contribution in [-0.4, -0.2) is 40.1 Å². The van der Waals surface area contributed by atoms with Crippen LogP contribution in [0.15, 0.2) is 28.7 Å². The third-order valence-corrected chi connectivity index (χ3v) is 3.67. The predicted octanol–water partition coefficient (Wildman–Crippen LogP) is 3.30. The summed E-state index contributed by atoms with van der Waals surface area (Å²) in [6.45, 7) is 8.00. The first kappa shape index (κ1) is 18.4. The van der Waals surface area contributed by atoms with Crippen LogP contribution in [0.2, 0.25) is 5.02 Å². The minimum atomic E-state index is -0.259. The molecule has 0 aliphatic rings. The molecule has 6 nitrogen and oxygen atoms in total. The van der Waals surface area contributed by atoms with E-state index in [1.54, 1.807) is 12.1 Å². The molecule has 0 saturated heterocycles. The molecule has 0 bridgehead atoms. The first-order valence-electron chi connectivity index (χ1n) is 7.76. The summed E-state index contributed by atoms with van der Waals surface area (Å²) in [6.07, 6.45) is 0. The highest BCUT2D eigenvalue weighted by Gasteiger charge is 2.22. The van der Waals surface area contributed by atoms with Gasteiger partial charge in [0.15, 0.2) is 0 Å². The van der Waals surface area contributed by atoms with E-state index in [1.807, 2.05) is 51.8 Å². The molecule has 130 valence electrons. The Bertz CT molecular complexity index is 709. The Balaban J connectivity index is 2.05. The van der Waals surface area contributed by atoms with Gasteiger partial charge in [0.25, 0.3) is 0 Å². The standard InChI is InChI=1S/C17H23ClN4O2/c1-11(22(5)10-14(23)19-17(2,3)4)15-20-21-16(24-15)12-7-6-8-13(18)9-12/h6-9,11H,10H2,1-5H3,(H,19,23)/t11-/m0/s1. The quantitative estimate of drug-likeness (QED) is 0.895. The van der Waals surface area contributed by atoms with Crippen LogP contribution in [0.5, 0.6) is 0 Å². The monoisotopic (exact) mass is 350 g/mol. The summed E-state index contributed by atoms with van der Waals surface area (Å²) < 4.78 is 5.74. The predicted molar refractivity (Wildman–Crippen MR) is 93.7 cm³/mol. The fourth-order valence-electron chi connectivity index (χ4n) is 2.15. The van der Waals surface area contributed by atoms with Gasteiger partial charge in [-0.15, -0.1) is 10.2 Å². The SMILES string of the molecule is C[C@@H](c1nnc(-c2cccc(Cl)c2)o1)N(C)CC(=O)NC(C)(C)C. The maximum Gasteiger partial charge on any atom is 0.247 e. The third-order valence-electron chi connectivity index (χ3n) is 3.44. The minimum absolute atomic E-state index is 0.0496. The molecular formula is C17H23ClN4O2. The Labute approximate surface area is 147 Å². The lowest BCUT2D eigenvalue weighted by molar-refractivity contribution is -0.123. The van der Waals surface area contributed by atoms with E-state index in [0.717, 1.165) is 5.56 Å². The van der Waals surface area contributed by atoms with Crippen LogP contribution in [0.25, 0.3) is 11.5 Å². The van der Waals surface area contributed by atoms with Crippen molar-refractivity contribution in [3.05, 3.63) is 35.2 Å². The van der Waals surface area contributed by atoms with Crippen molar-refractivity contribution in [3.63, 3.8) is 0 Å². The van der Waals surface area contributed by atoms with Crippen LogP contribution in [0.1, 0.15) is 39.6 Å². The summed E-state index contributed by atoms with van der Waals surface area (Å²) in [5, 5.41) is 11.7. The average molecular weight is 351 g/mol. The Morgan fingerprint density at radius 3 is 2.71 bits per heavy atom. The van der Waals surface area contributed by atoms with Crippen molar-refractivity contribution in [2.24, 2.45) is 0 Å². The van der Waals surface area contributed by atoms with E-state index in [0.29, 0.717) is 16.8 Å². The summed E-state index contributed by atoms with van der Waals surface area (Å²) in [5.41, 5.74) is 0.507. The molecule has 1 amide bonds. The van der Waals surface area contributed by atoms with Crippen molar-refractivity contribution >= 4 is 17.5 Å². The number of aromatic nitrogens is 2. The number of hydrogen-bond acceptors (Lipinski definition) is 5. The lowest BCUT2D eigenvalue weighted by atomic mass is 10.1. The van der Waals surface area contributed by atoms with Gasteiger partial charge in [0.1, 0.15) is 0 Å². The van der Waals surface area contributed by atoms with E-state index < -0.39 is 0 Å². The summed E-state index contributed by atoms with van der Waals surface area (Å²) in [5.74, 6) is 0.814. The first-order valence-corrected chi connectivity index (χ1v) is 8.14. The number of rotatable bonds is 5. The normalized spacial score (nSPS) is 13.1. The van der Waals surface area contributed by atoms with Gasteiger partial charge in [-0.3, -0.25) is 9.69 Å². The number of benzene rings is 1. The zero-order valence-corrected chi connectivity index (χ0v) is 15.4. The van der Waals surface area contributed by atoms with E-state index in [2.05, 4.69) is 15.5 Å². The molecule has 0 saturated carbocycles. The number of amides is 1. The van der Waals surface area contributed by atoms with Crippen molar-refractivity contribution in [1.29, 1.82) is 0 Å². The highest BCUT2D eigenvalue weighted by molar-refractivity contribution is 6.30. The second kappa shape index (κ2) is 7.32. The summed E-state index contributed by atoms with van der Waals surface area (Å²) in [6, 6.07) is 7.05. The van der Waals surface area contributed by atoms with Crippen molar-refractivity contribution < 1.29 is 9.21 Å². The van der Waals surface area contributed by atoms with Gasteiger partial charge in [-0.1, -0.05) is 17.7 Å². The fourth-order valence-corrected chi connectivity index (χ4v) is 2.34. The maximum absolute atomic E-state index is 12.0. The number of carbonyl (C=O) groups excluding carboxylic acids is 1. The van der Waals surface area contributed by atoms with Gasteiger partial charge in [0.05, 0.1) is 12.6 Å². The van der Waals surface area contributed by atoms with Gasteiger partial charge < -0.3 is 9.73 Å². The van der Waals surface area contributed by atoms with Crippen molar-refractivity contribution in [3.8, 4) is 11.5 Å². The molecule has 0 fully saturated rings. The molecule has 24 heavy (non-hydrogen) atoms. The van der Waals surface area contributed by atoms with E-state index in [9.17, 15) is 4.79 Å². The molecule has 2 rings (SSSR count). The smallest absolute Gasteiger partial charge is 0.247 e. The van der Waals surface area contributed by atoms with Crippen LogP contribution < -0.4 is 5.32 Å². The molecule has 0 spiro atoms. The van der Waals surface area contributed by atoms with Gasteiger partial charge in [0.2, 0.25) is 17.7 Å². The van der Waals surface area contributed by atoms with Crippen LogP contribution in [0.3, 0.4) is 0 Å². The van der Waals surface area contributed by atoms with Crippen LogP contribution in [0, 0.1) is 0 Å². The highest BCUT2D eigenvalue weighted by Crippen LogP contribution is 2.24. The van der Waals surface area contributed by atoms with Crippen LogP contribution >= 0.6 is 11.6 Å². The van der Waals surface area contributed by atoms with Gasteiger partial charge in [-0.2, -0.15) is 0 Å². The lowest BCUT2D eigenvalue weighted by Gasteiger charge is -2.25. The van der Waals surface area contributed by atoms with Crippen molar-refractivity contribution in [2.75, 3.05) is 13.6 Å². The molecule has 7 heteroatoms. The van der Waals surface area contributed by atoms with E-state index >= 15 is 0 Å². The van der Waals surface area contributed by atoms with E-state index in [4.69, 9.17) is 16.0 Å². The first-order chi connectivity index (χ1) is 11.2. The number of hydrogen-bond donors (Lipinski definition) is 1. The molecule has 2 aromatic rings. The van der Waals surface area contributed by atoms with Crippen molar-refractivity contribution in [2.45, 2.75) is 39.3 Å². The second-order valence-corrected chi connectivity index (χ2v) is 7.28. The topological polar surface area (TPSA) is 71.3 Å². The number of nitrogens with one attached hydrogen (secondary N) is 1. The van der Waals surface area contributed by atoms with E-state index in [-0.39, 0.29) is 24.0 Å². The number of likely N-dealkylation sites (N-methyl/N-ethyl adjacent to an activating group) is 1. The second-order valence-electron chi connectivity index (χ2n) is 6.85.